The summed E-state index contributed by atoms with van der Waals surface area (Å²) < 4.78 is 8.49. The van der Waals surface area contributed by atoms with Crippen molar-refractivity contribution >= 4 is 24.1 Å². The normalized spacial score (nSPS) is 28.5. The third-order valence-electron chi connectivity index (χ3n) is 2.28. The van der Waals surface area contributed by atoms with Gasteiger partial charge < -0.3 is 20.1 Å². The summed E-state index contributed by atoms with van der Waals surface area (Å²) in [7, 11) is 0. The van der Waals surface area contributed by atoms with Crippen molar-refractivity contribution < 1.29 is 28.7 Å². The van der Waals surface area contributed by atoms with Crippen LogP contribution in [0.25, 0.3) is 0 Å². The van der Waals surface area contributed by atoms with E-state index in [1.165, 1.54) is 0 Å². The second-order valence-corrected chi connectivity index (χ2v) is 3.39. The lowest BCUT2D eigenvalue weighted by atomic mass is 10.1. The molecule has 16 heavy (non-hydrogen) atoms. The molecule has 86 valence electrons. The van der Waals surface area contributed by atoms with Gasteiger partial charge in [0.25, 0.3) is 0 Å². The van der Waals surface area contributed by atoms with Crippen LogP contribution in [0.15, 0.2) is 0 Å². The van der Waals surface area contributed by atoms with Gasteiger partial charge in [-0.05, 0) is 12.8 Å². The largest absolute Gasteiger partial charge is 0.415 e. The summed E-state index contributed by atoms with van der Waals surface area (Å²) in [6.45, 7) is 0. The maximum absolute atomic E-state index is 11.0. The average Bonchev–Trinajstić information content (AvgIpc) is 2.66. The fourth-order valence-electron chi connectivity index (χ4n) is 1.50. The number of rotatable bonds is 3. The van der Waals surface area contributed by atoms with Crippen LogP contribution in [0, 0.1) is 0 Å². The molecular formula is C8H8N2O6. The molecule has 8 nitrogen and oxygen atoms in total. The summed E-state index contributed by atoms with van der Waals surface area (Å²) in [5, 5.41) is 4.56. The highest BCUT2D eigenvalue weighted by molar-refractivity contribution is 5.96. The molecule has 2 unspecified atom stereocenters. The summed E-state index contributed by atoms with van der Waals surface area (Å²) in [4.78, 5) is 43.4. The summed E-state index contributed by atoms with van der Waals surface area (Å²) in [5.74, 6) is -1.36. The molecule has 0 aromatic heterocycles. The minimum absolute atomic E-state index is 0.199. The van der Waals surface area contributed by atoms with Gasteiger partial charge in [-0.1, -0.05) is 0 Å². The smallest absolute Gasteiger partial charge is 0.375 e. The van der Waals surface area contributed by atoms with E-state index in [9.17, 15) is 19.2 Å². The average molecular weight is 228 g/mol. The predicted octanol–water partition coefficient (Wildman–Crippen LogP) is -0.963. The van der Waals surface area contributed by atoms with Crippen LogP contribution in [0.5, 0.6) is 0 Å². The molecule has 0 aliphatic carbocycles. The van der Waals surface area contributed by atoms with Crippen LogP contribution in [0.2, 0.25) is 0 Å². The summed E-state index contributed by atoms with van der Waals surface area (Å²) >= 11 is 0. The van der Waals surface area contributed by atoms with E-state index in [0.717, 1.165) is 0 Å². The first-order chi connectivity index (χ1) is 7.56. The fourth-order valence-corrected chi connectivity index (χ4v) is 1.50. The Morgan fingerprint density at radius 1 is 0.812 bits per heavy atom. The quantitative estimate of drug-likeness (QED) is 0.475. The standard InChI is InChI=1S/C8H8N2O6/c11-5-3(9-7(13)15-5)1-2-4-6(12)16-8(14)10-4/h3-4H,1-2H2,(H,9,13)(H,10,14). The van der Waals surface area contributed by atoms with Crippen molar-refractivity contribution in [2.45, 2.75) is 24.9 Å². The molecule has 0 bridgehead atoms. The third kappa shape index (κ3) is 1.95. The zero-order valence-electron chi connectivity index (χ0n) is 8.02. The van der Waals surface area contributed by atoms with Gasteiger partial charge in [0.1, 0.15) is 12.1 Å². The predicted molar refractivity (Wildman–Crippen MR) is 46.1 cm³/mol. The number of hydrogen-bond acceptors (Lipinski definition) is 6. The molecule has 0 radical (unpaired) electrons. The third-order valence-corrected chi connectivity index (χ3v) is 2.28. The number of carbonyl (C=O) groups is 4. The maximum Gasteiger partial charge on any atom is 0.415 e. The Labute approximate surface area is 89.3 Å². The molecule has 2 rings (SSSR count). The lowest BCUT2D eigenvalue weighted by Crippen LogP contribution is -2.34. The van der Waals surface area contributed by atoms with Gasteiger partial charge in [-0.15, -0.1) is 0 Å². The molecule has 0 saturated carbocycles. The highest BCUT2D eigenvalue weighted by Crippen LogP contribution is 2.12. The molecule has 2 heterocycles. The van der Waals surface area contributed by atoms with Gasteiger partial charge in [0.2, 0.25) is 0 Å². The lowest BCUT2D eigenvalue weighted by Gasteiger charge is -2.07. The minimum Gasteiger partial charge on any atom is -0.375 e. The molecular weight excluding hydrogens is 220 g/mol. The van der Waals surface area contributed by atoms with Gasteiger partial charge in [0, 0.05) is 0 Å². The SMILES string of the molecule is O=C1NC(CCC2NC(=O)OC2=O)C(=O)O1. The first-order valence-corrected chi connectivity index (χ1v) is 4.60. The van der Waals surface area contributed by atoms with Crippen LogP contribution in [0.1, 0.15) is 12.8 Å². The van der Waals surface area contributed by atoms with E-state index in [4.69, 9.17) is 0 Å². The van der Waals surface area contributed by atoms with E-state index < -0.39 is 36.2 Å². The first kappa shape index (κ1) is 10.4. The highest BCUT2D eigenvalue weighted by atomic mass is 16.6. The van der Waals surface area contributed by atoms with Crippen molar-refractivity contribution in [3.8, 4) is 0 Å². The van der Waals surface area contributed by atoms with Gasteiger partial charge in [-0.25, -0.2) is 19.2 Å². The van der Waals surface area contributed by atoms with Crippen LogP contribution in [-0.4, -0.2) is 36.2 Å². The number of carbonyl (C=O) groups excluding carboxylic acids is 4. The van der Waals surface area contributed by atoms with Crippen LogP contribution in [0.4, 0.5) is 9.59 Å². The van der Waals surface area contributed by atoms with Crippen molar-refractivity contribution in [2.75, 3.05) is 0 Å². The molecule has 0 spiro atoms. The number of amides is 2. The molecule has 8 heteroatoms. The number of ether oxygens (including phenoxy) is 2. The van der Waals surface area contributed by atoms with Crippen LogP contribution < -0.4 is 10.6 Å². The molecule has 2 aliphatic heterocycles. The number of esters is 2. The Balaban J connectivity index is 1.84. The van der Waals surface area contributed by atoms with Gasteiger partial charge >= 0.3 is 24.1 Å². The molecule has 0 aromatic rings. The number of cyclic esters (lactones) is 4. The summed E-state index contributed by atoms with van der Waals surface area (Å²) in [6.07, 6.45) is -1.20. The van der Waals surface area contributed by atoms with Crippen molar-refractivity contribution in [1.82, 2.24) is 10.6 Å². The summed E-state index contributed by atoms with van der Waals surface area (Å²) in [6, 6.07) is -1.53. The van der Waals surface area contributed by atoms with Gasteiger partial charge in [0.05, 0.1) is 0 Å². The topological polar surface area (TPSA) is 111 Å². The number of nitrogens with one attached hydrogen (secondary N) is 2. The van der Waals surface area contributed by atoms with E-state index in [1.807, 2.05) is 0 Å². The van der Waals surface area contributed by atoms with Gasteiger partial charge in [-0.2, -0.15) is 0 Å². The molecule has 2 N–H and O–H groups in total. The first-order valence-electron chi connectivity index (χ1n) is 4.60. The second-order valence-electron chi connectivity index (χ2n) is 3.39. The van der Waals surface area contributed by atoms with E-state index in [0.29, 0.717) is 0 Å². The zero-order valence-corrected chi connectivity index (χ0v) is 8.02. The van der Waals surface area contributed by atoms with Crippen LogP contribution >= 0.6 is 0 Å². The van der Waals surface area contributed by atoms with E-state index in [1.54, 1.807) is 0 Å². The van der Waals surface area contributed by atoms with Crippen molar-refractivity contribution in [2.24, 2.45) is 0 Å². The Morgan fingerprint density at radius 2 is 1.19 bits per heavy atom. The van der Waals surface area contributed by atoms with Crippen LogP contribution in [-0.2, 0) is 19.1 Å². The molecule has 0 aromatic carbocycles. The molecule has 2 aliphatic rings. The molecule has 2 atom stereocenters. The Morgan fingerprint density at radius 3 is 1.44 bits per heavy atom. The van der Waals surface area contributed by atoms with E-state index >= 15 is 0 Å². The molecule has 2 saturated heterocycles. The van der Waals surface area contributed by atoms with E-state index in [2.05, 4.69) is 20.1 Å². The molecule has 2 amide bonds. The number of hydrogen-bond donors (Lipinski definition) is 2. The molecule has 2 fully saturated rings. The van der Waals surface area contributed by atoms with E-state index in [-0.39, 0.29) is 12.8 Å². The Bertz CT molecular complexity index is 343. The van der Waals surface area contributed by atoms with Crippen molar-refractivity contribution in [3.63, 3.8) is 0 Å². The lowest BCUT2D eigenvalue weighted by molar-refractivity contribution is -0.137. The van der Waals surface area contributed by atoms with Crippen LogP contribution in [0.3, 0.4) is 0 Å². The Hall–Kier alpha value is -2.12. The fraction of sp³-hybridized carbons (Fsp3) is 0.500. The minimum atomic E-state index is -0.798. The Kier molecular flexibility index (Phi) is 2.47. The van der Waals surface area contributed by atoms with Gasteiger partial charge in [0.15, 0.2) is 0 Å². The highest BCUT2D eigenvalue weighted by Gasteiger charge is 2.36. The zero-order chi connectivity index (χ0) is 11.7. The van der Waals surface area contributed by atoms with Crippen molar-refractivity contribution in [3.05, 3.63) is 0 Å². The second kappa shape index (κ2) is 3.80. The monoisotopic (exact) mass is 228 g/mol. The number of alkyl carbamates (subject to hydrolysis) is 2. The van der Waals surface area contributed by atoms with Crippen molar-refractivity contribution in [1.29, 1.82) is 0 Å². The van der Waals surface area contributed by atoms with Gasteiger partial charge in [-0.3, -0.25) is 0 Å². The maximum atomic E-state index is 11.0. The summed E-state index contributed by atoms with van der Waals surface area (Å²) in [5.41, 5.74) is 0.